The molecule has 0 saturated carbocycles. The maximum Gasteiger partial charge on any atom is 0.353 e. The second-order valence-corrected chi connectivity index (χ2v) is 7.51. The molecule has 0 aliphatic rings. The molecule has 0 fully saturated rings. The second-order valence-electron chi connectivity index (χ2n) is 4.93. The van der Waals surface area contributed by atoms with Crippen LogP contribution < -0.4 is 4.74 Å². The lowest BCUT2D eigenvalue weighted by molar-refractivity contribution is 0.0689. The van der Waals surface area contributed by atoms with E-state index >= 15 is 0 Å². The van der Waals surface area contributed by atoms with Gasteiger partial charge in [0.1, 0.15) is 11.4 Å². The molecule has 3 rings (SSSR count). The number of carboxylic acids is 1. The molecule has 2 aromatic carbocycles. The number of carboxylic acid groups (broad SMARTS) is 1. The number of halogens is 1. The van der Waals surface area contributed by atoms with Crippen molar-refractivity contribution in [2.75, 3.05) is 7.11 Å². The fraction of sp³-hybridized carbons (Fsp3) is 0.0625. The molecule has 1 heterocycles. The number of fused-ring (bicyclic) bond motifs is 1. The third-order valence-corrected chi connectivity index (χ3v) is 6.12. The normalized spacial score (nSPS) is 11.6. The molecule has 0 unspecified atom stereocenters. The molecule has 0 aliphatic heterocycles. The summed E-state index contributed by atoms with van der Waals surface area (Å²) in [7, 11) is -2.59. The first-order chi connectivity index (χ1) is 11.4. The first kappa shape index (κ1) is 16.5. The average Bonchev–Trinajstić information content (AvgIpc) is 2.97. The summed E-state index contributed by atoms with van der Waals surface area (Å²) in [6, 6.07) is 12.1. The van der Waals surface area contributed by atoms with Gasteiger partial charge in [-0.3, -0.25) is 0 Å². The van der Waals surface area contributed by atoms with Crippen LogP contribution >= 0.6 is 15.9 Å². The Morgan fingerprint density at radius 2 is 1.83 bits per heavy atom. The van der Waals surface area contributed by atoms with Crippen molar-refractivity contribution in [1.29, 1.82) is 0 Å². The molecule has 0 aliphatic carbocycles. The van der Waals surface area contributed by atoms with Crippen LogP contribution in [0.25, 0.3) is 10.9 Å². The highest BCUT2D eigenvalue weighted by atomic mass is 79.9. The molecule has 0 amide bonds. The fourth-order valence-electron chi connectivity index (χ4n) is 2.47. The Morgan fingerprint density at radius 1 is 1.17 bits per heavy atom. The minimum atomic E-state index is -4.06. The highest BCUT2D eigenvalue weighted by Crippen LogP contribution is 2.36. The smallest absolute Gasteiger partial charge is 0.353 e. The number of aromatic carboxylic acids is 1. The van der Waals surface area contributed by atoms with Crippen molar-refractivity contribution in [3.05, 3.63) is 58.7 Å². The SMILES string of the molecule is COc1ccc2c(cc(C(=O)O)n2S(=O)(=O)c2ccccc2)c1Br. The van der Waals surface area contributed by atoms with Crippen LogP contribution in [0, 0.1) is 0 Å². The Hall–Kier alpha value is -2.32. The molecule has 0 atom stereocenters. The van der Waals surface area contributed by atoms with Gasteiger partial charge in [-0.2, -0.15) is 0 Å². The van der Waals surface area contributed by atoms with Crippen LogP contribution in [-0.4, -0.2) is 30.6 Å². The van der Waals surface area contributed by atoms with Crippen molar-refractivity contribution >= 4 is 42.8 Å². The van der Waals surface area contributed by atoms with E-state index < -0.39 is 16.0 Å². The van der Waals surface area contributed by atoms with Gasteiger partial charge in [-0.25, -0.2) is 17.2 Å². The Labute approximate surface area is 146 Å². The molecule has 0 spiro atoms. The van der Waals surface area contributed by atoms with E-state index in [1.165, 1.54) is 31.4 Å². The van der Waals surface area contributed by atoms with Gasteiger partial charge < -0.3 is 9.84 Å². The lowest BCUT2D eigenvalue weighted by atomic mass is 10.2. The second kappa shape index (κ2) is 5.95. The van der Waals surface area contributed by atoms with Gasteiger partial charge in [0.25, 0.3) is 10.0 Å². The van der Waals surface area contributed by atoms with E-state index in [0.717, 1.165) is 3.97 Å². The largest absolute Gasteiger partial charge is 0.496 e. The topological polar surface area (TPSA) is 85.6 Å². The maximum atomic E-state index is 13.0. The predicted molar refractivity (Wildman–Crippen MR) is 92.2 cm³/mol. The standard InChI is InChI=1S/C16H12BrNO5S/c1-23-14-8-7-12-11(15(14)17)9-13(16(19)20)18(12)24(21,22)10-5-3-2-4-6-10/h2-9H,1H3,(H,19,20). The highest BCUT2D eigenvalue weighted by Gasteiger charge is 2.27. The lowest BCUT2D eigenvalue weighted by Crippen LogP contribution is -2.18. The van der Waals surface area contributed by atoms with Crippen molar-refractivity contribution in [3.63, 3.8) is 0 Å². The van der Waals surface area contributed by atoms with E-state index in [1.807, 2.05) is 0 Å². The first-order valence-corrected chi connectivity index (χ1v) is 9.03. The summed E-state index contributed by atoms with van der Waals surface area (Å²) in [5, 5.41) is 9.90. The zero-order valence-corrected chi connectivity index (χ0v) is 14.8. The molecule has 0 bridgehead atoms. The van der Waals surface area contributed by atoms with E-state index in [0.29, 0.717) is 15.6 Å². The molecule has 3 aromatic rings. The number of carbonyl (C=O) groups is 1. The number of benzene rings is 2. The quantitative estimate of drug-likeness (QED) is 0.713. The zero-order valence-electron chi connectivity index (χ0n) is 12.4. The van der Waals surface area contributed by atoms with E-state index in [9.17, 15) is 18.3 Å². The Bertz CT molecular complexity index is 1040. The van der Waals surface area contributed by atoms with Crippen LogP contribution in [0.1, 0.15) is 10.5 Å². The van der Waals surface area contributed by atoms with Gasteiger partial charge in [0.05, 0.1) is 22.0 Å². The third-order valence-electron chi connectivity index (χ3n) is 3.56. The van der Waals surface area contributed by atoms with E-state index in [2.05, 4.69) is 15.9 Å². The summed E-state index contributed by atoms with van der Waals surface area (Å²) in [5.74, 6) is -0.856. The van der Waals surface area contributed by atoms with Crippen molar-refractivity contribution in [2.45, 2.75) is 4.90 Å². The van der Waals surface area contributed by atoms with Gasteiger partial charge in [0.15, 0.2) is 0 Å². The van der Waals surface area contributed by atoms with Crippen LogP contribution in [0.5, 0.6) is 5.75 Å². The van der Waals surface area contributed by atoms with Crippen LogP contribution in [0.4, 0.5) is 0 Å². The average molecular weight is 410 g/mol. The number of methoxy groups -OCH3 is 1. The molecule has 8 heteroatoms. The van der Waals surface area contributed by atoms with Crippen molar-refractivity contribution in [3.8, 4) is 5.75 Å². The van der Waals surface area contributed by atoms with Crippen LogP contribution in [-0.2, 0) is 10.0 Å². The molecular formula is C16H12BrNO5S. The third kappa shape index (κ3) is 2.47. The van der Waals surface area contributed by atoms with Crippen LogP contribution in [0.2, 0.25) is 0 Å². The summed E-state index contributed by atoms with van der Waals surface area (Å²) < 4.78 is 32.4. The van der Waals surface area contributed by atoms with Crippen molar-refractivity contribution in [2.24, 2.45) is 0 Å². The number of hydrogen-bond acceptors (Lipinski definition) is 4. The van der Waals surface area contributed by atoms with Gasteiger partial charge in [0.2, 0.25) is 0 Å². The van der Waals surface area contributed by atoms with Crippen LogP contribution in [0.3, 0.4) is 0 Å². The van der Waals surface area contributed by atoms with E-state index in [-0.39, 0.29) is 16.1 Å². The Balaban J connectivity index is 2.41. The zero-order chi connectivity index (χ0) is 17.5. The summed E-state index contributed by atoms with van der Waals surface area (Å²) in [6.07, 6.45) is 0. The van der Waals surface area contributed by atoms with Gasteiger partial charge in [-0.1, -0.05) is 18.2 Å². The molecule has 6 nitrogen and oxygen atoms in total. The number of nitrogens with zero attached hydrogens (tertiary/aromatic N) is 1. The minimum absolute atomic E-state index is 0.0111. The van der Waals surface area contributed by atoms with Gasteiger partial charge in [-0.15, -0.1) is 0 Å². The molecule has 1 aromatic heterocycles. The van der Waals surface area contributed by atoms with E-state index in [1.54, 1.807) is 24.3 Å². The monoisotopic (exact) mass is 409 g/mol. The van der Waals surface area contributed by atoms with Gasteiger partial charge in [0, 0.05) is 5.39 Å². The summed E-state index contributed by atoms with van der Waals surface area (Å²) >= 11 is 3.34. The van der Waals surface area contributed by atoms with Crippen molar-refractivity contribution < 1.29 is 23.1 Å². The Kier molecular flexibility index (Phi) is 4.10. The van der Waals surface area contributed by atoms with Crippen LogP contribution in [0.15, 0.2) is 57.9 Å². The number of aromatic nitrogens is 1. The lowest BCUT2D eigenvalue weighted by Gasteiger charge is -2.10. The number of ether oxygens (including phenoxy) is 1. The Morgan fingerprint density at radius 3 is 2.42 bits per heavy atom. The minimum Gasteiger partial charge on any atom is -0.496 e. The molecular weight excluding hydrogens is 398 g/mol. The van der Waals surface area contributed by atoms with E-state index in [4.69, 9.17) is 4.74 Å². The number of rotatable bonds is 4. The maximum absolute atomic E-state index is 13.0. The molecule has 0 saturated heterocycles. The fourth-order valence-corrected chi connectivity index (χ4v) is 4.60. The van der Waals surface area contributed by atoms with Crippen molar-refractivity contribution in [1.82, 2.24) is 3.97 Å². The number of hydrogen-bond donors (Lipinski definition) is 1. The summed E-state index contributed by atoms with van der Waals surface area (Å²) in [5.41, 5.74) is -0.0910. The summed E-state index contributed by atoms with van der Waals surface area (Å²) in [6.45, 7) is 0. The first-order valence-electron chi connectivity index (χ1n) is 6.80. The molecule has 124 valence electrons. The summed E-state index contributed by atoms with van der Waals surface area (Å²) in [4.78, 5) is 11.6. The molecule has 1 N–H and O–H groups in total. The van der Waals surface area contributed by atoms with Gasteiger partial charge >= 0.3 is 5.97 Å². The highest BCUT2D eigenvalue weighted by molar-refractivity contribution is 9.10. The predicted octanol–water partition coefficient (Wildman–Crippen LogP) is 3.35. The van der Waals surface area contributed by atoms with Gasteiger partial charge in [-0.05, 0) is 46.3 Å². The molecule has 24 heavy (non-hydrogen) atoms. The molecule has 0 radical (unpaired) electrons.